The minimum absolute atomic E-state index is 0. The Morgan fingerprint density at radius 2 is 1.93 bits per heavy atom. The molecule has 0 saturated heterocycles. The van der Waals surface area contributed by atoms with Gasteiger partial charge in [0.1, 0.15) is 0 Å². The monoisotopic (exact) mass is 236 g/mol. The second kappa shape index (κ2) is 11.5. The topological polar surface area (TPSA) is 64.3 Å². The molecular formula is C10H21ClN2O2. The number of unbranched alkanes of at least 4 members (excludes halogenated alkanes) is 3. The molecule has 0 saturated carbocycles. The Balaban J connectivity index is 0. The van der Waals surface area contributed by atoms with Gasteiger partial charge in [0.15, 0.2) is 0 Å². The Morgan fingerprint density at radius 3 is 2.47 bits per heavy atom. The van der Waals surface area contributed by atoms with E-state index in [1.54, 1.807) is 6.92 Å². The highest BCUT2D eigenvalue weighted by atomic mass is 35.5. The zero-order chi connectivity index (χ0) is 10.8. The fourth-order valence-corrected chi connectivity index (χ4v) is 0.899. The molecule has 0 rings (SSSR count). The van der Waals surface area contributed by atoms with Gasteiger partial charge in [-0.2, -0.15) is 5.48 Å². The van der Waals surface area contributed by atoms with E-state index >= 15 is 0 Å². The van der Waals surface area contributed by atoms with Gasteiger partial charge in [0.25, 0.3) is 0 Å². The number of nitrogens with one attached hydrogen (secondary N) is 1. The molecule has 0 radical (unpaired) electrons. The third-order valence-corrected chi connectivity index (χ3v) is 1.75. The van der Waals surface area contributed by atoms with Gasteiger partial charge in [-0.05, 0) is 26.3 Å². The molecule has 4 nitrogen and oxygen atoms in total. The van der Waals surface area contributed by atoms with Crippen LogP contribution in [0, 0.1) is 0 Å². The molecule has 15 heavy (non-hydrogen) atoms. The van der Waals surface area contributed by atoms with Gasteiger partial charge in [0, 0.05) is 12.1 Å². The van der Waals surface area contributed by atoms with Crippen molar-refractivity contribution in [2.24, 2.45) is 5.73 Å². The predicted octanol–water partition coefficient (Wildman–Crippen LogP) is 1.55. The van der Waals surface area contributed by atoms with Crippen molar-refractivity contribution in [1.82, 2.24) is 5.48 Å². The molecular weight excluding hydrogens is 216 g/mol. The summed E-state index contributed by atoms with van der Waals surface area (Å²) in [6.45, 7) is 6.51. The maximum absolute atomic E-state index is 10.9. The third kappa shape index (κ3) is 11.3. The van der Waals surface area contributed by atoms with Crippen LogP contribution in [-0.2, 0) is 9.63 Å². The summed E-state index contributed by atoms with van der Waals surface area (Å²) in [4.78, 5) is 15.6. The number of carbonyl (C=O) groups excluding carboxylic acids is 1. The Hall–Kier alpha value is -0.580. The molecule has 0 spiro atoms. The van der Waals surface area contributed by atoms with Crippen molar-refractivity contribution < 1.29 is 9.63 Å². The normalized spacial score (nSPS) is 9.20. The van der Waals surface area contributed by atoms with E-state index in [9.17, 15) is 4.79 Å². The molecule has 0 aliphatic rings. The van der Waals surface area contributed by atoms with Crippen LogP contribution in [0.15, 0.2) is 12.2 Å². The lowest BCUT2D eigenvalue weighted by Crippen LogP contribution is -2.21. The van der Waals surface area contributed by atoms with E-state index < -0.39 is 5.97 Å². The summed E-state index contributed by atoms with van der Waals surface area (Å²) in [5.74, 6) is -0.396. The summed E-state index contributed by atoms with van der Waals surface area (Å²) >= 11 is 0. The minimum atomic E-state index is -0.396. The van der Waals surface area contributed by atoms with Gasteiger partial charge < -0.3 is 10.6 Å². The van der Waals surface area contributed by atoms with E-state index in [0.29, 0.717) is 12.1 Å². The Labute approximate surface area is 97.6 Å². The minimum Gasteiger partial charge on any atom is -0.367 e. The van der Waals surface area contributed by atoms with Crippen LogP contribution in [0.3, 0.4) is 0 Å². The summed E-state index contributed by atoms with van der Waals surface area (Å²) in [5.41, 5.74) is 8.35. The van der Waals surface area contributed by atoms with Crippen molar-refractivity contribution in [1.29, 1.82) is 0 Å². The molecule has 0 bridgehead atoms. The average Bonchev–Trinajstić information content (AvgIpc) is 2.16. The summed E-state index contributed by atoms with van der Waals surface area (Å²) in [5, 5.41) is 0. The van der Waals surface area contributed by atoms with E-state index in [-0.39, 0.29) is 12.4 Å². The summed E-state index contributed by atoms with van der Waals surface area (Å²) in [7, 11) is 0. The quantitative estimate of drug-likeness (QED) is 0.381. The van der Waals surface area contributed by atoms with Crippen LogP contribution in [0.5, 0.6) is 0 Å². The largest absolute Gasteiger partial charge is 0.367 e. The molecule has 0 aromatic rings. The number of nitrogens with two attached hydrogens (primary N) is 1. The van der Waals surface area contributed by atoms with Crippen molar-refractivity contribution in [3.8, 4) is 0 Å². The first kappa shape index (κ1) is 16.8. The Kier molecular flexibility index (Phi) is 12.9. The number of hydroxylamine groups is 1. The number of halogens is 1. The zero-order valence-corrected chi connectivity index (χ0v) is 10.1. The van der Waals surface area contributed by atoms with E-state index in [1.807, 2.05) is 0 Å². The smallest absolute Gasteiger partial charge is 0.351 e. The number of rotatable bonds is 8. The zero-order valence-electron chi connectivity index (χ0n) is 9.25. The van der Waals surface area contributed by atoms with E-state index in [2.05, 4.69) is 12.1 Å². The lowest BCUT2D eigenvalue weighted by atomic mass is 10.2. The lowest BCUT2D eigenvalue weighted by molar-refractivity contribution is -0.146. The van der Waals surface area contributed by atoms with E-state index in [1.165, 1.54) is 0 Å². The molecule has 0 atom stereocenters. The van der Waals surface area contributed by atoms with E-state index in [0.717, 1.165) is 32.2 Å². The highest BCUT2D eigenvalue weighted by Gasteiger charge is 2.01. The first-order chi connectivity index (χ1) is 6.68. The molecule has 3 N–H and O–H groups in total. The van der Waals surface area contributed by atoms with Gasteiger partial charge >= 0.3 is 5.97 Å². The van der Waals surface area contributed by atoms with Crippen LogP contribution in [0.2, 0.25) is 0 Å². The van der Waals surface area contributed by atoms with E-state index in [4.69, 9.17) is 10.6 Å². The maximum Gasteiger partial charge on any atom is 0.351 e. The SMILES string of the molecule is C=C(C)C(=O)ONCCCCCCN.Cl. The summed E-state index contributed by atoms with van der Waals surface area (Å²) in [6, 6.07) is 0. The van der Waals surface area contributed by atoms with Crippen molar-refractivity contribution in [3.63, 3.8) is 0 Å². The maximum atomic E-state index is 10.9. The second-order valence-corrected chi connectivity index (χ2v) is 3.27. The van der Waals surface area contributed by atoms with Gasteiger partial charge in [-0.1, -0.05) is 19.4 Å². The molecule has 90 valence electrons. The molecule has 0 amide bonds. The van der Waals surface area contributed by atoms with Crippen molar-refractivity contribution in [2.45, 2.75) is 32.6 Å². The second-order valence-electron chi connectivity index (χ2n) is 3.27. The van der Waals surface area contributed by atoms with Crippen LogP contribution in [0.4, 0.5) is 0 Å². The number of hydrogen-bond donors (Lipinski definition) is 2. The lowest BCUT2D eigenvalue weighted by Gasteiger charge is -2.04. The fraction of sp³-hybridized carbons (Fsp3) is 0.700. The number of carbonyl (C=O) groups is 1. The first-order valence-electron chi connectivity index (χ1n) is 4.98. The third-order valence-electron chi connectivity index (χ3n) is 1.75. The van der Waals surface area contributed by atoms with Crippen LogP contribution in [0.1, 0.15) is 32.6 Å². The molecule has 0 aromatic carbocycles. The molecule has 0 unspecified atom stereocenters. The van der Waals surface area contributed by atoms with Crippen LogP contribution >= 0.6 is 12.4 Å². The van der Waals surface area contributed by atoms with Crippen molar-refractivity contribution in [3.05, 3.63) is 12.2 Å². The average molecular weight is 237 g/mol. The van der Waals surface area contributed by atoms with Gasteiger partial charge in [0.2, 0.25) is 0 Å². The highest BCUT2D eigenvalue weighted by molar-refractivity contribution is 5.86. The highest BCUT2D eigenvalue weighted by Crippen LogP contribution is 1.97. The van der Waals surface area contributed by atoms with Crippen LogP contribution in [-0.4, -0.2) is 19.1 Å². The molecule has 0 aromatic heterocycles. The molecule has 0 heterocycles. The van der Waals surface area contributed by atoms with Crippen molar-refractivity contribution >= 4 is 18.4 Å². The van der Waals surface area contributed by atoms with Crippen LogP contribution < -0.4 is 11.2 Å². The number of hydrogen-bond acceptors (Lipinski definition) is 4. The van der Waals surface area contributed by atoms with Gasteiger partial charge in [0.05, 0.1) is 0 Å². The first-order valence-corrected chi connectivity index (χ1v) is 4.98. The standard InChI is InChI=1S/C10H20N2O2.ClH/c1-9(2)10(13)14-12-8-6-4-3-5-7-11;/h12H,1,3-8,11H2,2H3;1H. The molecule has 0 aliphatic carbocycles. The molecule has 0 aliphatic heterocycles. The predicted molar refractivity (Wildman–Crippen MR) is 63.7 cm³/mol. The van der Waals surface area contributed by atoms with Crippen molar-refractivity contribution in [2.75, 3.05) is 13.1 Å². The summed E-state index contributed by atoms with van der Waals surface area (Å²) < 4.78 is 0. The Bertz CT molecular complexity index is 186. The Morgan fingerprint density at radius 1 is 1.33 bits per heavy atom. The van der Waals surface area contributed by atoms with Gasteiger partial charge in [-0.25, -0.2) is 4.79 Å². The van der Waals surface area contributed by atoms with Gasteiger partial charge in [-0.3, -0.25) is 0 Å². The summed E-state index contributed by atoms with van der Waals surface area (Å²) in [6.07, 6.45) is 4.29. The fourth-order valence-electron chi connectivity index (χ4n) is 0.899. The molecule has 5 heteroatoms. The van der Waals surface area contributed by atoms with Crippen LogP contribution in [0.25, 0.3) is 0 Å². The van der Waals surface area contributed by atoms with Gasteiger partial charge in [-0.15, -0.1) is 12.4 Å². The molecule has 0 fully saturated rings.